The maximum absolute atomic E-state index is 11.7. The number of carbonyl (C=O) groups is 1. The van der Waals surface area contributed by atoms with E-state index in [1.54, 1.807) is 13.8 Å². The molecule has 0 fully saturated rings. The highest BCUT2D eigenvalue weighted by atomic mass is 16.5. The van der Waals surface area contributed by atoms with Crippen LogP contribution in [0.3, 0.4) is 0 Å². The van der Waals surface area contributed by atoms with Crippen molar-refractivity contribution in [2.75, 3.05) is 13.7 Å². The van der Waals surface area contributed by atoms with Crippen molar-refractivity contribution in [1.29, 1.82) is 0 Å². The molecule has 4 nitrogen and oxygen atoms in total. The van der Waals surface area contributed by atoms with E-state index < -0.39 is 11.5 Å². The fraction of sp³-hybridized carbons (Fsp3) is 0.562. The lowest BCUT2D eigenvalue weighted by Crippen LogP contribution is -2.32. The number of benzene rings is 1. The van der Waals surface area contributed by atoms with Gasteiger partial charge in [-0.25, -0.2) is 0 Å². The van der Waals surface area contributed by atoms with Crippen LogP contribution in [0.5, 0.6) is 5.75 Å². The van der Waals surface area contributed by atoms with Crippen molar-refractivity contribution in [3.8, 4) is 5.75 Å². The molecule has 0 saturated carbocycles. The normalized spacial score (nSPS) is 18.3. The maximum Gasteiger partial charge on any atom is 0.314 e. The molecule has 1 aromatic carbocycles. The molecule has 1 N–H and O–H groups in total. The minimum Gasteiger partial charge on any atom is -0.492 e. The van der Waals surface area contributed by atoms with E-state index >= 15 is 0 Å². The SMILES string of the molecule is COC(=O)C(C)(C)COc1cccc2c1CCCC2O. The molecule has 2 rings (SSSR count). The summed E-state index contributed by atoms with van der Waals surface area (Å²) in [6.07, 6.45) is 2.25. The molecule has 110 valence electrons. The minimum absolute atomic E-state index is 0.256. The molecule has 0 saturated heterocycles. The maximum atomic E-state index is 11.7. The molecule has 1 atom stereocenters. The summed E-state index contributed by atoms with van der Waals surface area (Å²) in [5.41, 5.74) is 1.32. The van der Waals surface area contributed by atoms with Crippen LogP contribution in [0.15, 0.2) is 18.2 Å². The molecule has 0 heterocycles. The number of fused-ring (bicyclic) bond motifs is 1. The Morgan fingerprint density at radius 2 is 2.20 bits per heavy atom. The van der Waals surface area contributed by atoms with Gasteiger partial charge in [-0.05, 0) is 50.3 Å². The summed E-state index contributed by atoms with van der Waals surface area (Å²) < 4.78 is 10.6. The van der Waals surface area contributed by atoms with Gasteiger partial charge < -0.3 is 14.6 Å². The molecule has 1 aliphatic carbocycles. The highest BCUT2D eigenvalue weighted by molar-refractivity contribution is 5.75. The predicted octanol–water partition coefficient (Wildman–Crippen LogP) is 2.63. The third-order valence-electron chi connectivity index (χ3n) is 3.76. The molecule has 20 heavy (non-hydrogen) atoms. The quantitative estimate of drug-likeness (QED) is 0.860. The van der Waals surface area contributed by atoms with Crippen molar-refractivity contribution in [3.63, 3.8) is 0 Å². The van der Waals surface area contributed by atoms with E-state index in [1.807, 2.05) is 18.2 Å². The number of rotatable bonds is 4. The first kappa shape index (κ1) is 14.9. The van der Waals surface area contributed by atoms with Gasteiger partial charge in [-0.15, -0.1) is 0 Å². The monoisotopic (exact) mass is 278 g/mol. The summed E-state index contributed by atoms with van der Waals surface area (Å²) in [4.78, 5) is 11.7. The van der Waals surface area contributed by atoms with Crippen LogP contribution in [0.4, 0.5) is 0 Å². The molecule has 0 bridgehead atoms. The van der Waals surface area contributed by atoms with Gasteiger partial charge >= 0.3 is 5.97 Å². The van der Waals surface area contributed by atoms with E-state index in [9.17, 15) is 9.90 Å². The first-order valence-corrected chi connectivity index (χ1v) is 6.97. The lowest BCUT2D eigenvalue weighted by molar-refractivity contribution is -0.152. The van der Waals surface area contributed by atoms with Gasteiger partial charge in [0.1, 0.15) is 12.4 Å². The molecule has 0 aliphatic heterocycles. The van der Waals surface area contributed by atoms with Crippen molar-refractivity contribution in [2.45, 2.75) is 39.2 Å². The van der Waals surface area contributed by atoms with Crippen LogP contribution in [-0.4, -0.2) is 24.8 Å². The fourth-order valence-corrected chi connectivity index (χ4v) is 2.52. The zero-order valence-electron chi connectivity index (χ0n) is 12.3. The fourth-order valence-electron chi connectivity index (χ4n) is 2.52. The van der Waals surface area contributed by atoms with Crippen LogP contribution < -0.4 is 4.74 Å². The number of carbonyl (C=O) groups excluding carboxylic acids is 1. The molecule has 0 aromatic heterocycles. The number of hydrogen-bond acceptors (Lipinski definition) is 4. The summed E-state index contributed by atoms with van der Waals surface area (Å²) in [6.45, 7) is 3.85. The molecule has 1 aliphatic rings. The van der Waals surface area contributed by atoms with E-state index in [0.717, 1.165) is 36.1 Å². The summed E-state index contributed by atoms with van der Waals surface area (Å²) in [7, 11) is 1.38. The summed E-state index contributed by atoms with van der Waals surface area (Å²) in [5, 5.41) is 10.0. The Kier molecular flexibility index (Phi) is 4.33. The molecule has 0 radical (unpaired) electrons. The molecular weight excluding hydrogens is 256 g/mol. The van der Waals surface area contributed by atoms with E-state index in [-0.39, 0.29) is 12.6 Å². The van der Waals surface area contributed by atoms with E-state index in [2.05, 4.69) is 0 Å². The molecule has 0 spiro atoms. The van der Waals surface area contributed by atoms with Crippen molar-refractivity contribution in [3.05, 3.63) is 29.3 Å². The van der Waals surface area contributed by atoms with Gasteiger partial charge in [0.15, 0.2) is 0 Å². The van der Waals surface area contributed by atoms with Crippen molar-refractivity contribution in [1.82, 2.24) is 0 Å². The average molecular weight is 278 g/mol. The van der Waals surface area contributed by atoms with Gasteiger partial charge in [0.25, 0.3) is 0 Å². The van der Waals surface area contributed by atoms with E-state index in [0.29, 0.717) is 0 Å². The predicted molar refractivity (Wildman–Crippen MR) is 75.6 cm³/mol. The van der Waals surface area contributed by atoms with E-state index in [1.165, 1.54) is 7.11 Å². The van der Waals surface area contributed by atoms with Gasteiger partial charge in [-0.3, -0.25) is 4.79 Å². The molecule has 1 aromatic rings. The Morgan fingerprint density at radius 1 is 1.45 bits per heavy atom. The topological polar surface area (TPSA) is 55.8 Å². The number of methoxy groups -OCH3 is 1. The Bertz CT molecular complexity index is 493. The van der Waals surface area contributed by atoms with Crippen LogP contribution in [-0.2, 0) is 16.0 Å². The van der Waals surface area contributed by atoms with Crippen molar-refractivity contribution < 1.29 is 19.4 Å². The van der Waals surface area contributed by atoms with Crippen LogP contribution in [0.1, 0.15) is 43.9 Å². The third kappa shape index (κ3) is 2.96. The zero-order valence-corrected chi connectivity index (χ0v) is 12.3. The minimum atomic E-state index is -0.690. The van der Waals surface area contributed by atoms with Crippen molar-refractivity contribution in [2.24, 2.45) is 5.41 Å². The van der Waals surface area contributed by atoms with Crippen LogP contribution >= 0.6 is 0 Å². The van der Waals surface area contributed by atoms with Crippen LogP contribution in [0.25, 0.3) is 0 Å². The van der Waals surface area contributed by atoms with Crippen molar-refractivity contribution >= 4 is 5.97 Å². The molecular formula is C16H22O4. The van der Waals surface area contributed by atoms with Crippen LogP contribution in [0.2, 0.25) is 0 Å². The highest BCUT2D eigenvalue weighted by Gasteiger charge is 2.30. The highest BCUT2D eigenvalue weighted by Crippen LogP contribution is 2.35. The number of aliphatic hydroxyl groups excluding tert-OH is 1. The second kappa shape index (κ2) is 5.83. The van der Waals surface area contributed by atoms with Gasteiger partial charge in [0, 0.05) is 0 Å². The first-order chi connectivity index (χ1) is 9.45. The number of esters is 1. The molecule has 1 unspecified atom stereocenters. The van der Waals surface area contributed by atoms with Gasteiger partial charge in [-0.1, -0.05) is 12.1 Å². The zero-order chi connectivity index (χ0) is 14.8. The van der Waals surface area contributed by atoms with Gasteiger partial charge in [0.05, 0.1) is 18.6 Å². The molecule has 0 amide bonds. The van der Waals surface area contributed by atoms with E-state index in [4.69, 9.17) is 9.47 Å². The Hall–Kier alpha value is -1.55. The van der Waals surface area contributed by atoms with Crippen LogP contribution in [0, 0.1) is 5.41 Å². The molecule has 4 heteroatoms. The Labute approximate surface area is 119 Å². The Balaban J connectivity index is 2.15. The second-order valence-corrected chi connectivity index (χ2v) is 5.90. The third-order valence-corrected chi connectivity index (χ3v) is 3.76. The second-order valence-electron chi connectivity index (χ2n) is 5.90. The largest absolute Gasteiger partial charge is 0.492 e. The van der Waals surface area contributed by atoms with Gasteiger partial charge in [-0.2, -0.15) is 0 Å². The van der Waals surface area contributed by atoms with Gasteiger partial charge in [0.2, 0.25) is 0 Å². The average Bonchev–Trinajstić information content (AvgIpc) is 2.44. The first-order valence-electron chi connectivity index (χ1n) is 6.97. The summed E-state index contributed by atoms with van der Waals surface area (Å²) in [5.74, 6) is 0.473. The number of hydrogen-bond donors (Lipinski definition) is 1. The summed E-state index contributed by atoms with van der Waals surface area (Å²) in [6, 6.07) is 5.72. The lowest BCUT2D eigenvalue weighted by atomic mass is 9.88. The summed E-state index contributed by atoms with van der Waals surface area (Å²) >= 11 is 0. The number of aliphatic hydroxyl groups is 1. The Morgan fingerprint density at radius 3 is 2.90 bits per heavy atom. The lowest BCUT2D eigenvalue weighted by Gasteiger charge is -2.26. The number of ether oxygens (including phenoxy) is 2. The smallest absolute Gasteiger partial charge is 0.314 e. The standard InChI is InChI=1S/C16H22O4/c1-16(2,15(18)19-3)10-20-14-9-5-6-11-12(14)7-4-8-13(11)17/h5-6,9,13,17H,4,7-8,10H2,1-3H3.